The van der Waals surface area contributed by atoms with E-state index in [-0.39, 0.29) is 11.8 Å². The number of hydrogen-bond acceptors (Lipinski definition) is 4. The van der Waals surface area contributed by atoms with E-state index in [4.69, 9.17) is 15.0 Å². The molecular weight excluding hydrogens is 315 g/mol. The summed E-state index contributed by atoms with van der Waals surface area (Å²) in [7, 11) is 1.43. The smallest absolute Gasteiger partial charge is 0.169 e. The number of rotatable bonds is 5. The Kier molecular flexibility index (Phi) is 4.57. The lowest BCUT2D eigenvalue weighted by atomic mass is 10.0. The van der Waals surface area contributed by atoms with Gasteiger partial charge in [-0.1, -0.05) is 6.07 Å². The van der Waals surface area contributed by atoms with Crippen molar-refractivity contribution in [3.8, 4) is 5.75 Å². The van der Waals surface area contributed by atoms with Gasteiger partial charge in [0.25, 0.3) is 0 Å². The molecule has 1 aromatic carbocycles. The minimum Gasteiger partial charge on any atom is -0.494 e. The van der Waals surface area contributed by atoms with Gasteiger partial charge in [-0.2, -0.15) is 0 Å². The summed E-state index contributed by atoms with van der Waals surface area (Å²) in [6, 6.07) is 8.20. The van der Waals surface area contributed by atoms with Crippen molar-refractivity contribution in [2.24, 2.45) is 5.84 Å². The quantitative estimate of drug-likeness (QED) is 0.654. The minimum atomic E-state index is -0.392. The maximum atomic E-state index is 13.6. The van der Waals surface area contributed by atoms with Gasteiger partial charge >= 0.3 is 0 Å². The molecular formula is C13H14BrFN2O2. The Balaban J connectivity index is 2.16. The number of hydrogen-bond donors (Lipinski definition) is 2. The van der Waals surface area contributed by atoms with Gasteiger partial charge in [0.05, 0.1) is 13.2 Å². The van der Waals surface area contributed by atoms with Crippen LogP contribution >= 0.6 is 15.9 Å². The van der Waals surface area contributed by atoms with E-state index in [0.717, 1.165) is 5.56 Å². The molecule has 0 amide bonds. The van der Waals surface area contributed by atoms with Crippen molar-refractivity contribution < 1.29 is 13.5 Å². The number of halogens is 2. The summed E-state index contributed by atoms with van der Waals surface area (Å²) in [6.07, 6.45) is 0.511. The van der Waals surface area contributed by atoms with Gasteiger partial charge < -0.3 is 9.15 Å². The van der Waals surface area contributed by atoms with Gasteiger partial charge in [0, 0.05) is 0 Å². The van der Waals surface area contributed by atoms with E-state index in [1.165, 1.54) is 13.2 Å². The molecule has 4 nitrogen and oxygen atoms in total. The molecule has 6 heteroatoms. The van der Waals surface area contributed by atoms with Crippen molar-refractivity contribution in [1.29, 1.82) is 0 Å². The Morgan fingerprint density at radius 3 is 2.74 bits per heavy atom. The van der Waals surface area contributed by atoms with E-state index in [1.807, 2.05) is 6.07 Å². The van der Waals surface area contributed by atoms with Crippen LogP contribution in [-0.4, -0.2) is 7.11 Å². The Morgan fingerprint density at radius 2 is 2.21 bits per heavy atom. The maximum absolute atomic E-state index is 13.6. The molecule has 1 unspecified atom stereocenters. The van der Waals surface area contributed by atoms with Crippen LogP contribution in [0.25, 0.3) is 0 Å². The molecule has 0 spiro atoms. The average molecular weight is 329 g/mol. The summed E-state index contributed by atoms with van der Waals surface area (Å²) in [5, 5.41) is 0. The van der Waals surface area contributed by atoms with Crippen LogP contribution < -0.4 is 16.0 Å². The summed E-state index contributed by atoms with van der Waals surface area (Å²) in [5.74, 6) is 6.03. The highest BCUT2D eigenvalue weighted by Crippen LogP contribution is 2.25. The Labute approximate surface area is 118 Å². The topological polar surface area (TPSA) is 60.4 Å². The van der Waals surface area contributed by atoms with Gasteiger partial charge in [0.1, 0.15) is 5.76 Å². The van der Waals surface area contributed by atoms with Crippen molar-refractivity contribution >= 4 is 15.9 Å². The number of methoxy groups -OCH3 is 1. The lowest BCUT2D eigenvalue weighted by molar-refractivity contribution is 0.384. The molecule has 0 aliphatic heterocycles. The normalized spacial score (nSPS) is 12.4. The predicted molar refractivity (Wildman–Crippen MR) is 73.1 cm³/mol. The molecule has 2 aromatic rings. The van der Waals surface area contributed by atoms with Gasteiger partial charge in [0.15, 0.2) is 16.2 Å². The molecule has 0 saturated heterocycles. The zero-order chi connectivity index (χ0) is 13.8. The van der Waals surface area contributed by atoms with Crippen molar-refractivity contribution in [3.05, 3.63) is 52.1 Å². The van der Waals surface area contributed by atoms with Crippen LogP contribution in [-0.2, 0) is 6.42 Å². The Hall–Kier alpha value is -1.37. The SMILES string of the molecule is COc1ccc(CC(NN)c2ccc(Br)o2)cc1F. The highest BCUT2D eigenvalue weighted by Gasteiger charge is 2.15. The zero-order valence-electron chi connectivity index (χ0n) is 10.3. The fraction of sp³-hybridized carbons (Fsp3) is 0.231. The highest BCUT2D eigenvalue weighted by molar-refractivity contribution is 9.10. The molecule has 0 fully saturated rings. The molecule has 0 aliphatic carbocycles. The number of hydrazine groups is 1. The zero-order valence-corrected chi connectivity index (χ0v) is 11.9. The standard InChI is InChI=1S/C13H14BrFN2O2/c1-18-11-3-2-8(6-9(11)15)7-10(17-16)12-4-5-13(14)19-12/h2-6,10,17H,7,16H2,1H3. The van der Waals surface area contributed by atoms with Crippen LogP contribution in [0.4, 0.5) is 4.39 Å². The van der Waals surface area contributed by atoms with Crippen molar-refractivity contribution in [3.63, 3.8) is 0 Å². The van der Waals surface area contributed by atoms with Crippen molar-refractivity contribution in [2.75, 3.05) is 7.11 Å². The summed E-state index contributed by atoms with van der Waals surface area (Å²) in [6.45, 7) is 0. The van der Waals surface area contributed by atoms with Gasteiger partial charge in [-0.3, -0.25) is 5.84 Å². The number of ether oxygens (including phenoxy) is 1. The Morgan fingerprint density at radius 1 is 1.42 bits per heavy atom. The third-order valence-corrected chi connectivity index (χ3v) is 3.22. The molecule has 102 valence electrons. The van der Waals surface area contributed by atoms with Crippen LogP contribution in [0.15, 0.2) is 39.4 Å². The highest BCUT2D eigenvalue weighted by atomic mass is 79.9. The second kappa shape index (κ2) is 6.18. The van der Waals surface area contributed by atoms with E-state index >= 15 is 0 Å². The molecule has 0 saturated carbocycles. The van der Waals surface area contributed by atoms with E-state index < -0.39 is 5.82 Å². The molecule has 0 aliphatic rings. The first-order valence-corrected chi connectivity index (χ1v) is 6.47. The first kappa shape index (κ1) is 14.0. The number of nitrogens with one attached hydrogen (secondary N) is 1. The molecule has 3 N–H and O–H groups in total. The second-order valence-electron chi connectivity index (χ2n) is 4.03. The molecule has 1 heterocycles. The molecule has 0 radical (unpaired) electrons. The van der Waals surface area contributed by atoms with Gasteiger partial charge in [-0.25, -0.2) is 9.82 Å². The third-order valence-electron chi connectivity index (χ3n) is 2.79. The van der Waals surface area contributed by atoms with E-state index in [9.17, 15) is 4.39 Å². The maximum Gasteiger partial charge on any atom is 0.169 e. The fourth-order valence-corrected chi connectivity index (χ4v) is 2.15. The summed E-state index contributed by atoms with van der Waals surface area (Å²) in [5.41, 5.74) is 3.46. The van der Waals surface area contributed by atoms with Crippen molar-refractivity contribution in [2.45, 2.75) is 12.5 Å². The minimum absolute atomic E-state index is 0.223. The lowest BCUT2D eigenvalue weighted by Gasteiger charge is -2.14. The van der Waals surface area contributed by atoms with Gasteiger partial charge in [-0.15, -0.1) is 0 Å². The van der Waals surface area contributed by atoms with Crippen LogP contribution in [0.3, 0.4) is 0 Å². The van der Waals surface area contributed by atoms with Gasteiger partial charge in [0.2, 0.25) is 0 Å². The molecule has 1 atom stereocenters. The third kappa shape index (κ3) is 3.34. The lowest BCUT2D eigenvalue weighted by Crippen LogP contribution is -2.29. The number of furan rings is 1. The van der Waals surface area contributed by atoms with E-state index in [0.29, 0.717) is 16.9 Å². The monoisotopic (exact) mass is 328 g/mol. The molecule has 0 bridgehead atoms. The van der Waals surface area contributed by atoms with E-state index in [2.05, 4.69) is 21.4 Å². The van der Waals surface area contributed by atoms with Crippen molar-refractivity contribution in [1.82, 2.24) is 5.43 Å². The van der Waals surface area contributed by atoms with Crippen LogP contribution in [0.1, 0.15) is 17.4 Å². The van der Waals surface area contributed by atoms with Crippen LogP contribution in [0.2, 0.25) is 0 Å². The molecule has 2 rings (SSSR count). The first-order valence-electron chi connectivity index (χ1n) is 5.68. The second-order valence-corrected chi connectivity index (χ2v) is 4.82. The van der Waals surface area contributed by atoms with Crippen LogP contribution in [0.5, 0.6) is 5.75 Å². The van der Waals surface area contributed by atoms with Gasteiger partial charge in [-0.05, 0) is 52.2 Å². The van der Waals surface area contributed by atoms with Crippen LogP contribution in [0, 0.1) is 5.82 Å². The first-order chi connectivity index (χ1) is 9.13. The predicted octanol–water partition coefficient (Wildman–Crippen LogP) is 2.94. The molecule has 19 heavy (non-hydrogen) atoms. The summed E-state index contributed by atoms with van der Waals surface area (Å²) in [4.78, 5) is 0. The summed E-state index contributed by atoms with van der Waals surface area (Å²) < 4.78 is 24.6. The number of benzene rings is 1. The largest absolute Gasteiger partial charge is 0.494 e. The molecule has 1 aromatic heterocycles. The Bertz CT molecular complexity index is 559. The summed E-state index contributed by atoms with van der Waals surface area (Å²) >= 11 is 3.23. The van der Waals surface area contributed by atoms with E-state index in [1.54, 1.807) is 18.2 Å². The average Bonchev–Trinajstić information content (AvgIpc) is 2.82. The fourth-order valence-electron chi connectivity index (χ4n) is 1.83. The number of nitrogens with two attached hydrogens (primary N) is 1.